The van der Waals surface area contributed by atoms with Crippen molar-refractivity contribution in [2.45, 2.75) is 83.1 Å². The number of H-pyrrole nitrogens is 1. The zero-order valence-electron chi connectivity index (χ0n) is 23.3. The van der Waals surface area contributed by atoms with Crippen LogP contribution in [0.5, 0.6) is 0 Å². The second-order valence-electron chi connectivity index (χ2n) is 9.64. The molecule has 0 radical (unpaired) electrons. The lowest BCUT2D eigenvalue weighted by molar-refractivity contribution is -0.126. The normalized spacial score (nSPS) is 10.0. The molecule has 0 aliphatic carbocycles. The van der Waals surface area contributed by atoms with Crippen molar-refractivity contribution in [1.29, 1.82) is 0 Å². The molecule has 4 aromatic rings. The third kappa shape index (κ3) is 8.31. The van der Waals surface area contributed by atoms with Gasteiger partial charge in [0.2, 0.25) is 0 Å². The van der Waals surface area contributed by atoms with Crippen LogP contribution >= 0.6 is 37.2 Å². The van der Waals surface area contributed by atoms with Gasteiger partial charge in [-0.2, -0.15) is 4.52 Å². The van der Waals surface area contributed by atoms with Crippen LogP contribution in [-0.2, 0) is 9.59 Å². The number of aryl methyl sites for hydroxylation is 7. The fraction of sp³-hybridized carbons (Fsp3) is 0.387. The third-order valence-corrected chi connectivity index (χ3v) is 6.38. The molecule has 0 fully saturated rings. The SMILES string of the molecule is C.C.CC(=O)C(C(C)=O)c1c(C)cc(C)cc1C.Cc1cc(C)c(-c2c(C)nc3nc[nH]n3c2=O)c(C)c1.II. The van der Waals surface area contributed by atoms with E-state index in [4.69, 9.17) is 0 Å². The maximum Gasteiger partial charge on any atom is 0.282 e. The summed E-state index contributed by atoms with van der Waals surface area (Å²) in [5.74, 6) is -0.357. The van der Waals surface area contributed by atoms with E-state index in [2.05, 4.69) is 71.4 Å². The summed E-state index contributed by atoms with van der Waals surface area (Å²) < 4.78 is 1.38. The summed E-state index contributed by atoms with van der Waals surface area (Å²) >= 11 is 4.24. The van der Waals surface area contributed by atoms with Gasteiger partial charge in [-0.05, 0) is 95.7 Å². The number of nitrogens with zero attached hydrogens (tertiary/aromatic N) is 3. The second kappa shape index (κ2) is 16.1. The van der Waals surface area contributed by atoms with E-state index < -0.39 is 5.92 Å². The lowest BCUT2D eigenvalue weighted by Crippen LogP contribution is -2.20. The zero-order valence-corrected chi connectivity index (χ0v) is 27.6. The van der Waals surface area contributed by atoms with Crippen LogP contribution in [0.3, 0.4) is 0 Å². The molecule has 2 aromatic carbocycles. The maximum absolute atomic E-state index is 12.7. The van der Waals surface area contributed by atoms with E-state index >= 15 is 0 Å². The minimum Gasteiger partial charge on any atom is -0.299 e. The number of fused-ring (bicyclic) bond motifs is 1. The molecule has 9 heteroatoms. The smallest absolute Gasteiger partial charge is 0.282 e. The minimum atomic E-state index is -0.597. The van der Waals surface area contributed by atoms with Crippen molar-refractivity contribution < 1.29 is 9.59 Å². The van der Waals surface area contributed by atoms with E-state index in [1.807, 2.05) is 53.7 Å². The summed E-state index contributed by atoms with van der Waals surface area (Å²) in [6.07, 6.45) is 1.47. The molecule has 4 rings (SSSR count). The molecule has 7 nitrogen and oxygen atoms in total. The summed E-state index contributed by atoms with van der Waals surface area (Å²) in [6, 6.07) is 8.20. The lowest BCUT2D eigenvalue weighted by atomic mass is 9.85. The monoisotopic (exact) mass is 772 g/mol. The number of halogens is 2. The van der Waals surface area contributed by atoms with Gasteiger partial charge in [-0.25, -0.2) is 9.97 Å². The van der Waals surface area contributed by atoms with E-state index in [-0.39, 0.29) is 32.0 Å². The first kappa shape index (κ1) is 37.6. The Morgan fingerprint density at radius 1 is 0.775 bits per heavy atom. The summed E-state index contributed by atoms with van der Waals surface area (Å²) in [4.78, 5) is 44.2. The molecule has 40 heavy (non-hydrogen) atoms. The summed E-state index contributed by atoms with van der Waals surface area (Å²) in [5.41, 5.74) is 9.65. The van der Waals surface area contributed by atoms with Crippen LogP contribution in [0, 0.1) is 48.5 Å². The van der Waals surface area contributed by atoms with Gasteiger partial charge in [0.25, 0.3) is 11.3 Å². The number of rotatable bonds is 4. The van der Waals surface area contributed by atoms with Gasteiger partial charge in [0.1, 0.15) is 23.8 Å². The predicted octanol–water partition coefficient (Wildman–Crippen LogP) is 8.24. The standard InChI is InChI=1S/C15H16N4O.C14H18O2.2CH4.I2/c1-8-5-9(2)12(10(3)6-8)13-11(4)18-15-16-7-17-19(15)14(13)20;1-8-6-9(2)13(10(3)7-8)14(11(4)15)12(5)16;;;1-2/h5-7H,1-4H3,(H,16,17,18);6-7,14H,1-5H3;2*1H4;. The number of hydrogen-bond donors (Lipinski definition) is 1. The van der Waals surface area contributed by atoms with Crippen molar-refractivity contribution in [3.05, 3.63) is 85.6 Å². The minimum absolute atomic E-state index is 0. The Kier molecular flexibility index (Phi) is 15.2. The van der Waals surface area contributed by atoms with Crippen LogP contribution in [0.15, 0.2) is 35.4 Å². The first-order valence-corrected chi connectivity index (χ1v) is 18.4. The van der Waals surface area contributed by atoms with Crippen molar-refractivity contribution in [3.63, 3.8) is 0 Å². The molecule has 0 atom stereocenters. The molecule has 0 aliphatic rings. The number of ketones is 2. The highest BCUT2D eigenvalue weighted by Gasteiger charge is 2.25. The van der Waals surface area contributed by atoms with Crippen LogP contribution in [0.25, 0.3) is 16.9 Å². The molecular formula is C31H42I2N4O3. The first-order valence-electron chi connectivity index (χ1n) is 12.1. The topological polar surface area (TPSA) is 97.2 Å². The fourth-order valence-electron chi connectivity index (χ4n) is 5.16. The van der Waals surface area contributed by atoms with E-state index in [1.54, 1.807) is 0 Å². The van der Waals surface area contributed by atoms with Gasteiger partial charge in [-0.1, -0.05) is 50.2 Å². The second-order valence-corrected chi connectivity index (χ2v) is 9.64. The van der Waals surface area contributed by atoms with Gasteiger partial charge in [0.05, 0.1) is 11.3 Å². The van der Waals surface area contributed by atoms with Crippen LogP contribution in [0.1, 0.15) is 79.3 Å². The van der Waals surface area contributed by atoms with Crippen LogP contribution in [0.4, 0.5) is 0 Å². The van der Waals surface area contributed by atoms with E-state index in [0.29, 0.717) is 17.0 Å². The Morgan fingerprint density at radius 2 is 1.20 bits per heavy atom. The molecular weight excluding hydrogens is 730 g/mol. The number of hydrogen-bond acceptors (Lipinski definition) is 5. The van der Waals surface area contributed by atoms with Gasteiger partial charge in [0, 0.05) is 37.2 Å². The van der Waals surface area contributed by atoms with E-state index in [0.717, 1.165) is 38.9 Å². The molecule has 0 aliphatic heterocycles. The van der Waals surface area contributed by atoms with Crippen molar-refractivity contribution in [1.82, 2.24) is 19.6 Å². The molecule has 2 heterocycles. The average Bonchev–Trinajstić information content (AvgIpc) is 3.27. The molecule has 0 saturated carbocycles. The summed E-state index contributed by atoms with van der Waals surface area (Å²) in [5, 5.41) is 2.81. The number of aromatic amines is 1. The molecule has 0 bridgehead atoms. The highest BCUT2D eigenvalue weighted by molar-refractivity contribution is 15.0. The van der Waals surface area contributed by atoms with Crippen molar-refractivity contribution in [2.24, 2.45) is 0 Å². The van der Waals surface area contributed by atoms with Crippen LogP contribution in [-0.4, -0.2) is 31.1 Å². The molecule has 0 spiro atoms. The van der Waals surface area contributed by atoms with Crippen molar-refractivity contribution in [2.75, 3.05) is 0 Å². The number of aromatic nitrogens is 4. The molecule has 218 valence electrons. The van der Waals surface area contributed by atoms with Gasteiger partial charge in [-0.3, -0.25) is 19.5 Å². The number of carbonyl (C=O) groups excluding carboxylic acids is 2. The quantitative estimate of drug-likeness (QED) is 0.167. The van der Waals surface area contributed by atoms with Gasteiger partial charge in [-0.15, -0.1) is 0 Å². The zero-order chi connectivity index (χ0) is 28.9. The fourth-order valence-corrected chi connectivity index (χ4v) is 5.16. The van der Waals surface area contributed by atoms with Gasteiger partial charge < -0.3 is 0 Å². The Hall–Kier alpha value is -2.41. The first-order chi connectivity index (χ1) is 17.8. The number of nitrogens with one attached hydrogen (secondary N) is 1. The predicted molar refractivity (Wildman–Crippen MR) is 184 cm³/mol. The Labute approximate surface area is 261 Å². The Balaban J connectivity index is 0.000000699. The lowest BCUT2D eigenvalue weighted by Gasteiger charge is -2.17. The Bertz CT molecular complexity index is 1490. The van der Waals surface area contributed by atoms with E-state index in [9.17, 15) is 14.4 Å². The average molecular weight is 773 g/mol. The number of carbonyl (C=O) groups is 2. The van der Waals surface area contributed by atoms with Crippen LogP contribution < -0.4 is 5.56 Å². The maximum atomic E-state index is 12.7. The largest absolute Gasteiger partial charge is 0.299 e. The molecule has 1 N–H and O–H groups in total. The summed E-state index contributed by atoms with van der Waals surface area (Å²) in [7, 11) is 0. The highest BCUT2D eigenvalue weighted by Crippen LogP contribution is 2.28. The Morgan fingerprint density at radius 3 is 1.62 bits per heavy atom. The number of benzene rings is 2. The number of Topliss-reactive ketones (excluding diaryl/α,β-unsaturated/α-hetero) is 2. The van der Waals surface area contributed by atoms with Crippen molar-refractivity contribution >= 4 is 54.6 Å². The van der Waals surface area contributed by atoms with Crippen molar-refractivity contribution in [3.8, 4) is 11.1 Å². The summed E-state index contributed by atoms with van der Waals surface area (Å²) in [6.45, 7) is 16.8. The van der Waals surface area contributed by atoms with Gasteiger partial charge >= 0.3 is 0 Å². The third-order valence-electron chi connectivity index (χ3n) is 6.38. The van der Waals surface area contributed by atoms with Gasteiger partial charge in [0.15, 0.2) is 0 Å². The molecule has 0 amide bonds. The molecule has 0 unspecified atom stereocenters. The molecule has 2 aromatic heterocycles. The highest BCUT2D eigenvalue weighted by atomic mass is 128. The van der Waals surface area contributed by atoms with Crippen LogP contribution in [0.2, 0.25) is 0 Å². The molecule has 0 saturated heterocycles. The van der Waals surface area contributed by atoms with E-state index in [1.165, 1.54) is 30.3 Å².